The lowest BCUT2D eigenvalue weighted by atomic mass is 9.87. The molecule has 2 aliphatic rings. The van der Waals surface area contributed by atoms with E-state index >= 15 is 0 Å². The molecule has 0 unspecified atom stereocenters. The van der Waals surface area contributed by atoms with Crippen molar-refractivity contribution in [3.05, 3.63) is 46.8 Å². The highest BCUT2D eigenvalue weighted by Crippen LogP contribution is 2.41. The van der Waals surface area contributed by atoms with Crippen LogP contribution in [0.4, 0.5) is 10.1 Å². The van der Waals surface area contributed by atoms with E-state index in [0.29, 0.717) is 29.1 Å². The number of hydrogen-bond donors (Lipinski definition) is 3. The van der Waals surface area contributed by atoms with Gasteiger partial charge in [0.05, 0.1) is 12.8 Å². The first-order chi connectivity index (χ1) is 12.1. The molecule has 6 nitrogen and oxygen atoms in total. The second-order valence-corrected chi connectivity index (χ2v) is 5.98. The Labute approximate surface area is 143 Å². The first-order valence-electron chi connectivity index (χ1n) is 7.91. The van der Waals surface area contributed by atoms with Crippen molar-refractivity contribution in [2.45, 2.75) is 13.0 Å². The molecule has 0 atom stereocenters. The molecule has 0 aliphatic carbocycles. The number of nitrogens with one attached hydrogen (secondary N) is 2. The number of hydrogen-bond acceptors (Lipinski definition) is 5. The molecule has 2 heterocycles. The normalized spacial score (nSPS) is 17.2. The zero-order valence-corrected chi connectivity index (χ0v) is 13.5. The van der Waals surface area contributed by atoms with Crippen LogP contribution in [0.3, 0.4) is 0 Å². The topological polar surface area (TPSA) is 83.0 Å². The number of fused-ring (bicyclic) bond motifs is 3. The number of methoxy groups -OCH3 is 1. The first-order valence-corrected chi connectivity index (χ1v) is 7.91. The number of ether oxygens (including phenoxy) is 1. The monoisotopic (exact) mass is 341 g/mol. The highest BCUT2D eigenvalue weighted by Gasteiger charge is 2.33. The minimum Gasteiger partial charge on any atom is -0.496 e. The quantitative estimate of drug-likeness (QED) is 0.578. The van der Waals surface area contributed by atoms with E-state index in [-0.39, 0.29) is 11.5 Å². The molecule has 1 amide bonds. The van der Waals surface area contributed by atoms with Crippen molar-refractivity contribution in [1.82, 2.24) is 5.32 Å². The molecule has 0 bridgehead atoms. The second-order valence-electron chi connectivity index (χ2n) is 5.98. The first kappa shape index (κ1) is 15.6. The Hall–Kier alpha value is -2.93. The third kappa shape index (κ3) is 2.35. The smallest absolute Gasteiger partial charge is 0.278 e. The van der Waals surface area contributed by atoms with Crippen molar-refractivity contribution < 1.29 is 19.1 Å². The van der Waals surface area contributed by atoms with E-state index in [4.69, 9.17) is 4.74 Å². The van der Waals surface area contributed by atoms with E-state index in [2.05, 4.69) is 15.8 Å². The maximum Gasteiger partial charge on any atom is 0.278 e. The summed E-state index contributed by atoms with van der Waals surface area (Å²) in [5.74, 6) is -0.278. The molecule has 0 saturated carbocycles. The minimum absolute atomic E-state index is 0.0417. The Morgan fingerprint density at radius 1 is 1.20 bits per heavy atom. The van der Waals surface area contributed by atoms with Crippen LogP contribution < -0.4 is 15.4 Å². The third-order valence-electron chi connectivity index (χ3n) is 4.66. The van der Waals surface area contributed by atoms with E-state index in [1.54, 1.807) is 12.1 Å². The van der Waals surface area contributed by atoms with Crippen LogP contribution in [0, 0.1) is 5.82 Å². The predicted molar refractivity (Wildman–Crippen MR) is 90.8 cm³/mol. The van der Waals surface area contributed by atoms with E-state index < -0.39 is 5.91 Å². The molecule has 25 heavy (non-hydrogen) atoms. The molecule has 3 N–H and O–H groups in total. The van der Waals surface area contributed by atoms with Gasteiger partial charge < -0.3 is 20.6 Å². The Morgan fingerprint density at radius 2 is 2.04 bits per heavy atom. The third-order valence-corrected chi connectivity index (χ3v) is 4.66. The van der Waals surface area contributed by atoms with Crippen molar-refractivity contribution >= 4 is 17.3 Å². The molecule has 0 spiro atoms. The second kappa shape index (κ2) is 5.86. The number of carbonyl (C=O) groups is 1. The number of rotatable bonds is 2. The summed E-state index contributed by atoms with van der Waals surface area (Å²) in [5, 5.41) is 18.4. The summed E-state index contributed by atoms with van der Waals surface area (Å²) in [6, 6.07) is 6.11. The van der Waals surface area contributed by atoms with Gasteiger partial charge in [-0.2, -0.15) is 0 Å². The lowest BCUT2D eigenvalue weighted by Crippen LogP contribution is -2.25. The molecular weight excluding hydrogens is 325 g/mol. The van der Waals surface area contributed by atoms with Gasteiger partial charge in [0.2, 0.25) is 0 Å². The number of halogens is 1. The summed E-state index contributed by atoms with van der Waals surface area (Å²) >= 11 is 0. The minimum atomic E-state index is -0.450. The van der Waals surface area contributed by atoms with Crippen LogP contribution in [0.1, 0.15) is 16.7 Å². The highest BCUT2D eigenvalue weighted by atomic mass is 19.1. The van der Waals surface area contributed by atoms with Gasteiger partial charge in [-0.25, -0.2) is 4.39 Å². The molecule has 0 saturated heterocycles. The van der Waals surface area contributed by atoms with Gasteiger partial charge >= 0.3 is 0 Å². The van der Waals surface area contributed by atoms with Gasteiger partial charge in [-0.1, -0.05) is 5.16 Å². The number of nitrogens with zero attached hydrogens (tertiary/aromatic N) is 1. The summed E-state index contributed by atoms with van der Waals surface area (Å²) in [6.45, 7) is 1.35. The van der Waals surface area contributed by atoms with E-state index in [1.165, 1.54) is 19.2 Å². The Morgan fingerprint density at radius 3 is 2.80 bits per heavy atom. The molecule has 2 aliphatic heterocycles. The number of benzene rings is 2. The Balaban J connectivity index is 2.03. The number of amides is 1. The fourth-order valence-corrected chi connectivity index (χ4v) is 3.54. The molecular formula is C18H16FN3O3. The molecule has 0 fully saturated rings. The van der Waals surface area contributed by atoms with Crippen molar-refractivity contribution in [3.8, 4) is 16.9 Å². The maximum absolute atomic E-state index is 13.9. The summed E-state index contributed by atoms with van der Waals surface area (Å²) in [4.78, 5) is 12.1. The van der Waals surface area contributed by atoms with Gasteiger partial charge in [-0.3, -0.25) is 4.79 Å². The predicted octanol–water partition coefficient (Wildman–Crippen LogP) is 2.28. The molecule has 0 radical (unpaired) electrons. The lowest BCUT2D eigenvalue weighted by Gasteiger charge is -2.24. The number of anilines is 1. The summed E-state index contributed by atoms with van der Waals surface area (Å²) in [7, 11) is 1.53. The molecule has 2 aromatic rings. The van der Waals surface area contributed by atoms with Crippen LogP contribution in [0.25, 0.3) is 11.1 Å². The summed E-state index contributed by atoms with van der Waals surface area (Å²) < 4.78 is 19.3. The fraction of sp³-hybridized carbons (Fsp3) is 0.222. The lowest BCUT2D eigenvalue weighted by molar-refractivity contribution is -0.110. The van der Waals surface area contributed by atoms with Crippen molar-refractivity contribution in [2.75, 3.05) is 19.0 Å². The van der Waals surface area contributed by atoms with Crippen molar-refractivity contribution in [1.29, 1.82) is 0 Å². The number of carbonyl (C=O) groups excluding carboxylic acids is 1. The van der Waals surface area contributed by atoms with Gasteiger partial charge in [0, 0.05) is 17.7 Å². The van der Waals surface area contributed by atoms with Crippen LogP contribution in [-0.2, 0) is 17.8 Å². The molecule has 4 rings (SSSR count). The standard InChI is InChI=1S/C18H16FN3O3/c1-25-15-3-2-9(19)6-12(15)11-7-13-16(21-18(23)17(13)22-24)14-8-20-5-4-10(11)14/h2-3,6-7,20,24H,4-5,8H2,1H3,(H,21,22,23). The average Bonchev–Trinajstić information content (AvgIpc) is 2.96. The molecule has 0 aromatic heterocycles. The van der Waals surface area contributed by atoms with Gasteiger partial charge in [-0.05, 0) is 53.9 Å². The van der Waals surface area contributed by atoms with E-state index in [0.717, 1.165) is 29.7 Å². The summed E-state index contributed by atoms with van der Waals surface area (Å²) in [5.41, 5.74) is 4.47. The van der Waals surface area contributed by atoms with Crippen LogP contribution in [-0.4, -0.2) is 30.5 Å². The van der Waals surface area contributed by atoms with Crippen LogP contribution in [0.15, 0.2) is 29.4 Å². The molecule has 2 aromatic carbocycles. The van der Waals surface area contributed by atoms with Crippen LogP contribution >= 0.6 is 0 Å². The molecule has 7 heteroatoms. The summed E-state index contributed by atoms with van der Waals surface area (Å²) in [6.07, 6.45) is 0.735. The Bertz CT molecular complexity index is 924. The van der Waals surface area contributed by atoms with Gasteiger partial charge in [0.25, 0.3) is 5.91 Å². The fourth-order valence-electron chi connectivity index (χ4n) is 3.54. The van der Waals surface area contributed by atoms with Crippen LogP contribution in [0.2, 0.25) is 0 Å². The van der Waals surface area contributed by atoms with Crippen molar-refractivity contribution in [2.24, 2.45) is 5.16 Å². The number of oxime groups is 1. The maximum atomic E-state index is 13.9. The van der Waals surface area contributed by atoms with Gasteiger partial charge in [0.15, 0.2) is 5.71 Å². The average molecular weight is 341 g/mol. The van der Waals surface area contributed by atoms with Crippen LogP contribution in [0.5, 0.6) is 5.75 Å². The van der Waals surface area contributed by atoms with Gasteiger partial charge in [-0.15, -0.1) is 0 Å². The zero-order chi connectivity index (χ0) is 17.6. The van der Waals surface area contributed by atoms with E-state index in [1.807, 2.05) is 0 Å². The zero-order valence-electron chi connectivity index (χ0n) is 13.5. The highest BCUT2D eigenvalue weighted by molar-refractivity contribution is 6.54. The largest absolute Gasteiger partial charge is 0.496 e. The van der Waals surface area contributed by atoms with Crippen molar-refractivity contribution in [3.63, 3.8) is 0 Å². The Kier molecular flexibility index (Phi) is 3.65. The van der Waals surface area contributed by atoms with E-state index in [9.17, 15) is 14.4 Å². The van der Waals surface area contributed by atoms with Gasteiger partial charge in [0.1, 0.15) is 11.6 Å². The SMILES string of the molecule is COc1ccc(F)cc1-c1cc2c(c3c1CCNC3)NC(=O)/C2=N\O. The molecule has 128 valence electrons.